The Hall–Kier alpha value is -1.22. The normalized spacial score (nSPS) is 35.4. The number of fused-ring (bicyclic) bond motifs is 3. The van der Waals surface area contributed by atoms with Crippen LogP contribution in [-0.2, 0) is 5.60 Å². The van der Waals surface area contributed by atoms with Gasteiger partial charge in [0.15, 0.2) is 0 Å². The van der Waals surface area contributed by atoms with Gasteiger partial charge in [0.1, 0.15) is 17.1 Å². The minimum atomic E-state index is -0.727. The zero-order valence-corrected chi connectivity index (χ0v) is 9.62. The zero-order chi connectivity index (χ0) is 11.4. The predicted molar refractivity (Wildman–Crippen MR) is 59.7 cm³/mol. The van der Waals surface area contributed by atoms with Crippen LogP contribution in [0.2, 0.25) is 0 Å². The smallest absolute Gasteiger partial charge is 0.125 e. The van der Waals surface area contributed by atoms with E-state index in [9.17, 15) is 5.11 Å². The van der Waals surface area contributed by atoms with E-state index in [0.717, 1.165) is 29.9 Å². The Balaban J connectivity index is 2.14. The lowest BCUT2D eigenvalue weighted by Crippen LogP contribution is -2.58. The van der Waals surface area contributed by atoms with Gasteiger partial charge in [-0.3, -0.25) is 0 Å². The van der Waals surface area contributed by atoms with Gasteiger partial charge >= 0.3 is 0 Å². The van der Waals surface area contributed by atoms with Crippen molar-refractivity contribution in [1.82, 2.24) is 0 Å². The van der Waals surface area contributed by atoms with E-state index in [0.29, 0.717) is 6.61 Å². The average Bonchev–Trinajstić information content (AvgIpc) is 2.32. The van der Waals surface area contributed by atoms with Gasteiger partial charge in [-0.05, 0) is 31.0 Å². The first-order valence-electron chi connectivity index (χ1n) is 5.63. The van der Waals surface area contributed by atoms with Crippen molar-refractivity contribution in [3.05, 3.63) is 23.8 Å². The molecular formula is C13H16O3. The summed E-state index contributed by atoms with van der Waals surface area (Å²) in [5.41, 5.74) is 0.0217. The van der Waals surface area contributed by atoms with Crippen LogP contribution in [-0.4, -0.2) is 18.8 Å². The molecule has 86 valence electrons. The summed E-state index contributed by atoms with van der Waals surface area (Å²) >= 11 is 0. The van der Waals surface area contributed by atoms with E-state index in [1.807, 2.05) is 18.2 Å². The lowest BCUT2D eigenvalue weighted by molar-refractivity contribution is -0.194. The van der Waals surface area contributed by atoms with Crippen molar-refractivity contribution in [2.45, 2.75) is 25.4 Å². The van der Waals surface area contributed by atoms with Gasteiger partial charge < -0.3 is 14.6 Å². The first-order chi connectivity index (χ1) is 7.59. The topological polar surface area (TPSA) is 38.7 Å². The Morgan fingerprint density at radius 2 is 2.19 bits per heavy atom. The number of benzene rings is 1. The van der Waals surface area contributed by atoms with Crippen LogP contribution < -0.4 is 9.47 Å². The molecule has 3 heteroatoms. The van der Waals surface area contributed by atoms with Crippen LogP contribution in [0.3, 0.4) is 0 Å². The molecule has 0 bridgehead atoms. The van der Waals surface area contributed by atoms with Crippen molar-refractivity contribution in [3.8, 4) is 11.5 Å². The van der Waals surface area contributed by atoms with Crippen molar-refractivity contribution >= 4 is 0 Å². The van der Waals surface area contributed by atoms with E-state index < -0.39 is 5.60 Å². The average molecular weight is 220 g/mol. The number of hydrogen-bond donors (Lipinski definition) is 1. The summed E-state index contributed by atoms with van der Waals surface area (Å²) in [6.07, 6.45) is 1.83. The number of ether oxygens (including phenoxy) is 2. The molecule has 2 atom stereocenters. The second-order valence-corrected chi connectivity index (χ2v) is 5.07. The van der Waals surface area contributed by atoms with E-state index in [1.165, 1.54) is 0 Å². The fraction of sp³-hybridized carbons (Fsp3) is 0.538. The Bertz CT molecular complexity index is 443. The van der Waals surface area contributed by atoms with Crippen LogP contribution in [0.5, 0.6) is 11.5 Å². The quantitative estimate of drug-likeness (QED) is 0.787. The van der Waals surface area contributed by atoms with Gasteiger partial charge in [-0.25, -0.2) is 0 Å². The summed E-state index contributed by atoms with van der Waals surface area (Å²) in [7, 11) is 1.63. The molecule has 2 unspecified atom stereocenters. The second kappa shape index (κ2) is 2.92. The molecule has 16 heavy (non-hydrogen) atoms. The van der Waals surface area contributed by atoms with Crippen LogP contribution in [0.15, 0.2) is 18.2 Å². The first-order valence-corrected chi connectivity index (χ1v) is 5.63. The van der Waals surface area contributed by atoms with Crippen LogP contribution in [0.4, 0.5) is 0 Å². The van der Waals surface area contributed by atoms with Crippen molar-refractivity contribution in [3.63, 3.8) is 0 Å². The SMILES string of the molecule is COc1ccc2c(c1)C1(O)CCC1(C)CO2. The van der Waals surface area contributed by atoms with Crippen molar-refractivity contribution in [2.75, 3.05) is 13.7 Å². The van der Waals surface area contributed by atoms with E-state index >= 15 is 0 Å². The second-order valence-electron chi connectivity index (χ2n) is 5.07. The van der Waals surface area contributed by atoms with Gasteiger partial charge in [-0.2, -0.15) is 0 Å². The zero-order valence-electron chi connectivity index (χ0n) is 9.62. The molecule has 1 aromatic carbocycles. The highest BCUT2D eigenvalue weighted by atomic mass is 16.5. The highest BCUT2D eigenvalue weighted by Gasteiger charge is 2.59. The maximum Gasteiger partial charge on any atom is 0.125 e. The summed E-state index contributed by atoms with van der Waals surface area (Å²) in [5, 5.41) is 10.7. The number of rotatable bonds is 1. The molecule has 1 N–H and O–H groups in total. The molecule has 0 saturated heterocycles. The van der Waals surface area contributed by atoms with Gasteiger partial charge in [-0.15, -0.1) is 0 Å². The minimum absolute atomic E-state index is 0.133. The van der Waals surface area contributed by atoms with E-state index in [2.05, 4.69) is 6.92 Å². The summed E-state index contributed by atoms with van der Waals surface area (Å²) < 4.78 is 10.9. The Labute approximate surface area is 95.0 Å². The highest BCUT2D eigenvalue weighted by molar-refractivity contribution is 5.48. The summed E-state index contributed by atoms with van der Waals surface area (Å²) in [5.74, 6) is 1.56. The van der Waals surface area contributed by atoms with Crippen molar-refractivity contribution in [1.29, 1.82) is 0 Å². The molecule has 1 aromatic rings. The Kier molecular flexibility index (Phi) is 1.82. The van der Waals surface area contributed by atoms with E-state index in [-0.39, 0.29) is 5.41 Å². The molecule has 0 spiro atoms. The van der Waals surface area contributed by atoms with Gasteiger partial charge in [0.2, 0.25) is 0 Å². The molecule has 1 saturated carbocycles. The molecule has 1 heterocycles. The fourth-order valence-electron chi connectivity index (χ4n) is 2.76. The predicted octanol–water partition coefficient (Wildman–Crippen LogP) is 2.08. The van der Waals surface area contributed by atoms with E-state index in [4.69, 9.17) is 9.47 Å². The largest absolute Gasteiger partial charge is 0.497 e. The lowest BCUT2D eigenvalue weighted by atomic mass is 9.54. The van der Waals surface area contributed by atoms with Crippen LogP contribution >= 0.6 is 0 Å². The monoisotopic (exact) mass is 220 g/mol. The molecule has 1 aliphatic heterocycles. The molecule has 0 amide bonds. The molecule has 1 aliphatic carbocycles. The molecule has 3 nitrogen and oxygen atoms in total. The van der Waals surface area contributed by atoms with Crippen molar-refractivity contribution in [2.24, 2.45) is 5.41 Å². The van der Waals surface area contributed by atoms with Gasteiger partial charge in [0, 0.05) is 11.0 Å². The third-order valence-electron chi connectivity index (χ3n) is 4.22. The van der Waals surface area contributed by atoms with Gasteiger partial charge in [0.05, 0.1) is 13.7 Å². The van der Waals surface area contributed by atoms with Crippen LogP contribution in [0.1, 0.15) is 25.3 Å². The maximum absolute atomic E-state index is 10.7. The number of methoxy groups -OCH3 is 1. The summed E-state index contributed by atoms with van der Waals surface area (Å²) in [4.78, 5) is 0. The van der Waals surface area contributed by atoms with Gasteiger partial charge in [-0.1, -0.05) is 6.92 Å². The Morgan fingerprint density at radius 3 is 2.81 bits per heavy atom. The van der Waals surface area contributed by atoms with Crippen LogP contribution in [0, 0.1) is 5.41 Å². The third kappa shape index (κ3) is 1.02. The molecule has 0 radical (unpaired) electrons. The molecule has 0 aromatic heterocycles. The Morgan fingerprint density at radius 1 is 1.38 bits per heavy atom. The molecule has 3 rings (SSSR count). The molecular weight excluding hydrogens is 204 g/mol. The van der Waals surface area contributed by atoms with Crippen LogP contribution in [0.25, 0.3) is 0 Å². The summed E-state index contributed by atoms with van der Waals surface area (Å²) in [6.45, 7) is 2.68. The third-order valence-corrected chi connectivity index (χ3v) is 4.22. The number of aliphatic hydroxyl groups is 1. The van der Waals surface area contributed by atoms with Gasteiger partial charge in [0.25, 0.3) is 0 Å². The number of hydrogen-bond acceptors (Lipinski definition) is 3. The standard InChI is InChI=1S/C13H16O3/c1-12-5-6-13(12,14)10-7-9(15-2)3-4-11(10)16-8-12/h3-4,7,14H,5-6,8H2,1-2H3. The van der Waals surface area contributed by atoms with E-state index in [1.54, 1.807) is 7.11 Å². The summed E-state index contributed by atoms with van der Waals surface area (Å²) in [6, 6.07) is 5.64. The lowest BCUT2D eigenvalue weighted by Gasteiger charge is -2.57. The molecule has 2 aliphatic rings. The van der Waals surface area contributed by atoms with Crippen molar-refractivity contribution < 1.29 is 14.6 Å². The first kappa shape index (κ1) is 9.97. The highest BCUT2D eigenvalue weighted by Crippen LogP contribution is 2.60. The minimum Gasteiger partial charge on any atom is -0.497 e. The fourth-order valence-corrected chi connectivity index (χ4v) is 2.76. The maximum atomic E-state index is 10.7. The molecule has 1 fully saturated rings.